The van der Waals surface area contributed by atoms with Crippen molar-refractivity contribution in [3.05, 3.63) is 32.7 Å². The minimum absolute atomic E-state index is 0.0272. The summed E-state index contributed by atoms with van der Waals surface area (Å²) < 4.78 is 10.4. The molecule has 0 atom stereocenters. The first-order valence-electron chi connectivity index (χ1n) is 6.50. The van der Waals surface area contributed by atoms with Crippen molar-refractivity contribution in [1.82, 2.24) is 10.4 Å². The highest BCUT2D eigenvalue weighted by Crippen LogP contribution is 2.40. The van der Waals surface area contributed by atoms with Crippen LogP contribution in [0.25, 0.3) is 6.08 Å². The van der Waals surface area contributed by atoms with E-state index < -0.39 is 16.7 Å². The normalized spacial score (nSPS) is 17.5. The fraction of sp³-hybridized carbons (Fsp3) is 0.154. The highest BCUT2D eigenvalue weighted by Gasteiger charge is 2.34. The van der Waals surface area contributed by atoms with E-state index in [4.69, 9.17) is 21.7 Å². The lowest BCUT2D eigenvalue weighted by molar-refractivity contribution is -0.385. The van der Waals surface area contributed by atoms with Gasteiger partial charge in [0.05, 0.1) is 21.5 Å². The predicted octanol–water partition coefficient (Wildman–Crippen LogP) is 1.58. The summed E-state index contributed by atoms with van der Waals surface area (Å²) in [5, 5.41) is 12.2. The van der Waals surface area contributed by atoms with Gasteiger partial charge in [-0.15, -0.1) is 0 Å². The fourth-order valence-corrected chi connectivity index (χ4v) is 3.25. The Labute approximate surface area is 144 Å². The molecule has 0 radical (unpaired) electrons. The number of rotatable bonds is 3. The lowest BCUT2D eigenvalue weighted by Crippen LogP contribution is -2.43. The smallest absolute Gasteiger partial charge is 0.285 e. The molecular formula is C13H9N3O6S2. The topological polar surface area (TPSA) is 111 Å². The van der Waals surface area contributed by atoms with Crippen LogP contribution in [-0.2, 0) is 9.59 Å². The maximum Gasteiger partial charge on any atom is 0.285 e. The van der Waals surface area contributed by atoms with Crippen LogP contribution in [0.4, 0.5) is 5.69 Å². The van der Waals surface area contributed by atoms with Crippen molar-refractivity contribution in [3.8, 4) is 11.5 Å². The Morgan fingerprint density at radius 2 is 2.12 bits per heavy atom. The van der Waals surface area contributed by atoms with Gasteiger partial charge in [0.1, 0.15) is 0 Å². The molecule has 124 valence electrons. The first-order valence-corrected chi connectivity index (χ1v) is 7.72. The molecule has 11 heteroatoms. The lowest BCUT2D eigenvalue weighted by Gasteiger charge is -2.13. The Balaban J connectivity index is 2.00. The average Bonchev–Trinajstić information content (AvgIpc) is 3.06. The number of hydrogen-bond donors (Lipinski definition) is 1. The molecule has 1 N–H and O–H groups in total. The second kappa shape index (κ2) is 6.09. The van der Waals surface area contributed by atoms with Gasteiger partial charge < -0.3 is 9.47 Å². The summed E-state index contributed by atoms with van der Waals surface area (Å²) in [5.41, 5.74) is 2.24. The molecule has 3 rings (SSSR count). The van der Waals surface area contributed by atoms with Gasteiger partial charge in [0.25, 0.3) is 11.6 Å². The number of nitro groups is 1. The van der Waals surface area contributed by atoms with Crippen LogP contribution in [0.2, 0.25) is 0 Å². The zero-order chi connectivity index (χ0) is 17.4. The first-order chi connectivity index (χ1) is 11.4. The molecule has 2 heterocycles. The van der Waals surface area contributed by atoms with Crippen LogP contribution in [0, 0.1) is 10.1 Å². The minimum Gasteiger partial charge on any atom is -0.454 e. The van der Waals surface area contributed by atoms with Gasteiger partial charge in [-0.25, -0.2) is 0 Å². The van der Waals surface area contributed by atoms with Crippen molar-refractivity contribution >= 4 is 51.9 Å². The molecule has 2 aliphatic heterocycles. The van der Waals surface area contributed by atoms with Crippen LogP contribution in [0.5, 0.6) is 11.5 Å². The highest BCUT2D eigenvalue weighted by atomic mass is 32.2. The Bertz CT molecular complexity index is 822. The number of carbonyl (C=O) groups excluding carboxylic acids is 2. The molecule has 0 saturated carbocycles. The summed E-state index contributed by atoms with van der Waals surface area (Å²) >= 11 is 5.96. The van der Waals surface area contributed by atoms with E-state index in [1.165, 1.54) is 25.1 Å². The molecule has 1 aromatic carbocycles. The number of amides is 2. The van der Waals surface area contributed by atoms with Gasteiger partial charge in [0, 0.05) is 6.92 Å². The van der Waals surface area contributed by atoms with Crippen LogP contribution in [0.3, 0.4) is 0 Å². The molecule has 0 aromatic heterocycles. The van der Waals surface area contributed by atoms with E-state index in [-0.39, 0.29) is 33.0 Å². The van der Waals surface area contributed by atoms with Crippen LogP contribution in [0.15, 0.2) is 17.0 Å². The van der Waals surface area contributed by atoms with E-state index in [0.717, 1.165) is 16.8 Å². The number of nitro benzene ring substituents is 1. The maximum absolute atomic E-state index is 12.3. The van der Waals surface area contributed by atoms with Gasteiger partial charge >= 0.3 is 0 Å². The summed E-state index contributed by atoms with van der Waals surface area (Å²) in [4.78, 5) is 34.2. The summed E-state index contributed by atoms with van der Waals surface area (Å²) in [6, 6.07) is 2.66. The van der Waals surface area contributed by atoms with Crippen molar-refractivity contribution in [2.24, 2.45) is 0 Å². The number of thiocarbonyl (C=S) groups is 1. The summed E-state index contributed by atoms with van der Waals surface area (Å²) in [5.74, 6) is -0.400. The van der Waals surface area contributed by atoms with Crippen molar-refractivity contribution in [3.63, 3.8) is 0 Å². The quantitative estimate of drug-likeness (QED) is 0.371. The molecule has 0 spiro atoms. The SMILES string of the molecule is CC(=O)NN1C(=O)C(=Cc2cc3c(cc2[N+](=O)[O-])OCO3)SC1=S. The molecule has 2 aliphatic rings. The average molecular weight is 367 g/mol. The third kappa shape index (κ3) is 2.90. The zero-order valence-corrected chi connectivity index (χ0v) is 13.7. The molecule has 2 amide bonds. The number of nitrogens with one attached hydrogen (secondary N) is 1. The third-order valence-corrected chi connectivity index (χ3v) is 4.37. The number of carbonyl (C=O) groups is 2. The van der Waals surface area contributed by atoms with E-state index in [0.29, 0.717) is 5.75 Å². The van der Waals surface area contributed by atoms with E-state index in [1.54, 1.807) is 0 Å². The zero-order valence-electron chi connectivity index (χ0n) is 12.1. The Kier molecular flexibility index (Phi) is 4.11. The highest BCUT2D eigenvalue weighted by molar-refractivity contribution is 8.26. The second-order valence-corrected chi connectivity index (χ2v) is 6.38. The number of nitrogens with zero attached hydrogens (tertiary/aromatic N) is 2. The van der Waals surface area contributed by atoms with E-state index >= 15 is 0 Å². The van der Waals surface area contributed by atoms with Crippen LogP contribution >= 0.6 is 24.0 Å². The maximum atomic E-state index is 12.3. The van der Waals surface area contributed by atoms with Crippen molar-refractivity contribution in [1.29, 1.82) is 0 Å². The minimum atomic E-state index is -0.581. The fourth-order valence-electron chi connectivity index (χ4n) is 2.08. The monoisotopic (exact) mass is 367 g/mol. The molecular weight excluding hydrogens is 358 g/mol. The summed E-state index contributed by atoms with van der Waals surface area (Å²) in [6.45, 7) is 1.21. The molecule has 9 nitrogen and oxygen atoms in total. The van der Waals surface area contributed by atoms with Crippen LogP contribution in [-0.4, -0.2) is 32.9 Å². The van der Waals surface area contributed by atoms with Gasteiger partial charge in [-0.1, -0.05) is 11.8 Å². The number of benzene rings is 1. The van der Waals surface area contributed by atoms with Gasteiger partial charge in [-0.3, -0.25) is 25.1 Å². The predicted molar refractivity (Wildman–Crippen MR) is 88.0 cm³/mol. The molecule has 1 fully saturated rings. The number of fused-ring (bicyclic) bond motifs is 1. The van der Waals surface area contributed by atoms with Gasteiger partial charge in [-0.05, 0) is 24.4 Å². The third-order valence-electron chi connectivity index (χ3n) is 3.07. The first kappa shape index (κ1) is 16.2. The standard InChI is InChI=1S/C13H9N3O6S2/c1-6(17)14-15-12(18)11(24-13(15)23)3-7-2-9-10(22-5-21-9)4-8(7)16(19)20/h2-4H,5H2,1H3,(H,14,17). The molecule has 24 heavy (non-hydrogen) atoms. The second-order valence-electron chi connectivity index (χ2n) is 4.71. The van der Waals surface area contributed by atoms with Crippen LogP contribution < -0.4 is 14.9 Å². The van der Waals surface area contributed by atoms with E-state index in [9.17, 15) is 19.7 Å². The lowest BCUT2D eigenvalue weighted by atomic mass is 10.1. The molecule has 0 bridgehead atoms. The molecule has 1 saturated heterocycles. The number of thioether (sulfide) groups is 1. The van der Waals surface area contributed by atoms with Crippen molar-refractivity contribution in [2.45, 2.75) is 6.92 Å². The summed E-state index contributed by atoms with van der Waals surface area (Å²) in [7, 11) is 0. The number of ether oxygens (including phenoxy) is 2. The summed E-state index contributed by atoms with van der Waals surface area (Å²) in [6.07, 6.45) is 1.33. The van der Waals surface area contributed by atoms with E-state index in [2.05, 4.69) is 5.43 Å². The van der Waals surface area contributed by atoms with Crippen molar-refractivity contribution in [2.75, 3.05) is 6.79 Å². The Morgan fingerprint density at radius 1 is 1.46 bits per heavy atom. The van der Waals surface area contributed by atoms with E-state index in [1.807, 2.05) is 0 Å². The number of hydrogen-bond acceptors (Lipinski definition) is 8. The molecule has 0 unspecified atom stereocenters. The number of hydrazine groups is 1. The van der Waals surface area contributed by atoms with Gasteiger partial charge in [0.15, 0.2) is 15.8 Å². The molecule has 1 aromatic rings. The van der Waals surface area contributed by atoms with Crippen molar-refractivity contribution < 1.29 is 24.0 Å². The van der Waals surface area contributed by atoms with Gasteiger partial charge in [0.2, 0.25) is 12.7 Å². The Hall–Kier alpha value is -2.66. The molecule has 0 aliphatic carbocycles. The van der Waals surface area contributed by atoms with Crippen LogP contribution in [0.1, 0.15) is 12.5 Å². The Morgan fingerprint density at radius 3 is 2.75 bits per heavy atom. The largest absolute Gasteiger partial charge is 0.454 e. The van der Waals surface area contributed by atoms with Gasteiger partial charge in [-0.2, -0.15) is 5.01 Å².